The fourth-order valence-corrected chi connectivity index (χ4v) is 2.08. The topological polar surface area (TPSA) is 70.5 Å². The van der Waals surface area contributed by atoms with Crippen LogP contribution < -0.4 is 16.0 Å². The van der Waals surface area contributed by atoms with Gasteiger partial charge in [-0.25, -0.2) is 4.99 Å². The van der Waals surface area contributed by atoms with E-state index in [9.17, 15) is 4.79 Å². The molecule has 1 amide bonds. The predicted octanol–water partition coefficient (Wildman–Crippen LogP) is 2.14. The number of aliphatic imine (C=N–C) groups is 1. The molecular weight excluding hydrogens is 440 g/mol. The normalized spacial score (nSPS) is 10.9. The molecule has 0 fully saturated rings. The molecule has 0 aliphatic carbocycles. The first-order valence-electron chi connectivity index (χ1n) is 6.78. The quantitative estimate of drug-likeness (QED) is 0.345. The lowest BCUT2D eigenvalue weighted by molar-refractivity contribution is -0.119. The zero-order valence-electron chi connectivity index (χ0n) is 12.9. The Morgan fingerprint density at radius 2 is 1.86 bits per heavy atom. The molecule has 0 atom stereocenters. The van der Waals surface area contributed by atoms with Crippen LogP contribution in [0.1, 0.15) is 19.5 Å². The number of nitrogens with one attached hydrogen (secondary N) is 3. The lowest BCUT2D eigenvalue weighted by Crippen LogP contribution is -2.43. The Kier molecular flexibility index (Phi) is 10.6. The van der Waals surface area contributed by atoms with Gasteiger partial charge in [0.25, 0.3) is 0 Å². The molecule has 1 aromatic heterocycles. The van der Waals surface area contributed by atoms with Crippen LogP contribution in [0.2, 0.25) is 10.2 Å². The van der Waals surface area contributed by atoms with Gasteiger partial charge in [0.1, 0.15) is 5.15 Å². The number of halogens is 3. The van der Waals surface area contributed by atoms with Crippen molar-refractivity contribution in [2.24, 2.45) is 12.0 Å². The Bertz CT molecular complexity index is 519. The van der Waals surface area contributed by atoms with E-state index >= 15 is 0 Å². The molecule has 0 aromatic carbocycles. The Labute approximate surface area is 158 Å². The van der Waals surface area contributed by atoms with Crippen molar-refractivity contribution in [2.45, 2.75) is 20.4 Å². The van der Waals surface area contributed by atoms with Gasteiger partial charge in [0.05, 0.1) is 18.1 Å². The zero-order valence-corrected chi connectivity index (χ0v) is 16.7. The van der Waals surface area contributed by atoms with Crippen LogP contribution in [0, 0.1) is 0 Å². The highest BCUT2D eigenvalue weighted by atomic mass is 127. The van der Waals surface area contributed by atoms with E-state index in [4.69, 9.17) is 23.2 Å². The summed E-state index contributed by atoms with van der Waals surface area (Å²) in [7, 11) is 1.83. The average molecular weight is 462 g/mol. The predicted molar refractivity (Wildman–Crippen MR) is 102 cm³/mol. The number of carbonyl (C=O) groups is 1. The molecule has 0 aliphatic rings. The second kappa shape index (κ2) is 11.0. The molecule has 6 nitrogen and oxygen atoms in total. The highest BCUT2D eigenvalue weighted by molar-refractivity contribution is 14.0. The maximum Gasteiger partial charge on any atom is 0.239 e. The fourth-order valence-electron chi connectivity index (χ4n) is 1.67. The number of likely N-dealkylation sites (N-methyl/N-ethyl adjacent to an activating group) is 1. The van der Waals surface area contributed by atoms with Crippen LogP contribution in [0.3, 0.4) is 0 Å². The summed E-state index contributed by atoms with van der Waals surface area (Å²) in [6, 6.07) is 1.78. The molecule has 9 heteroatoms. The first kappa shape index (κ1) is 21.3. The van der Waals surface area contributed by atoms with Gasteiger partial charge >= 0.3 is 0 Å². The Hall–Kier alpha value is -0.670. The monoisotopic (exact) mass is 461 g/mol. The third kappa shape index (κ3) is 6.62. The average Bonchev–Trinajstić information content (AvgIpc) is 2.69. The first-order chi connectivity index (χ1) is 9.99. The standard InChI is InChI=1S/C13H21Cl2N5O.HI/c1-4-16-11(21)8-19-13(17-5-2)18-7-9-6-10(14)12(15)20(9)3;/h6H,4-5,7-8H2,1-3H3,(H,16,21)(H2,17,18,19);1H. The van der Waals surface area contributed by atoms with Gasteiger partial charge in [-0.15, -0.1) is 24.0 Å². The number of hydrogen-bond donors (Lipinski definition) is 3. The van der Waals surface area contributed by atoms with E-state index in [2.05, 4.69) is 20.9 Å². The van der Waals surface area contributed by atoms with E-state index < -0.39 is 0 Å². The van der Waals surface area contributed by atoms with Crippen molar-refractivity contribution in [3.8, 4) is 0 Å². The van der Waals surface area contributed by atoms with Crippen molar-refractivity contribution in [2.75, 3.05) is 19.6 Å². The molecule has 22 heavy (non-hydrogen) atoms. The minimum Gasteiger partial charge on any atom is -0.357 e. The van der Waals surface area contributed by atoms with E-state index in [0.717, 1.165) is 5.69 Å². The minimum atomic E-state index is -0.0759. The molecule has 0 saturated carbocycles. The van der Waals surface area contributed by atoms with E-state index in [1.54, 1.807) is 10.6 Å². The van der Waals surface area contributed by atoms with E-state index in [-0.39, 0.29) is 36.4 Å². The first-order valence-corrected chi connectivity index (χ1v) is 7.53. The number of guanidine groups is 1. The van der Waals surface area contributed by atoms with E-state index in [1.807, 2.05) is 20.9 Å². The molecule has 0 bridgehead atoms. The van der Waals surface area contributed by atoms with E-state index in [1.165, 1.54) is 0 Å². The Morgan fingerprint density at radius 3 is 2.36 bits per heavy atom. The summed E-state index contributed by atoms with van der Waals surface area (Å²) in [5, 5.41) is 9.75. The smallest absolute Gasteiger partial charge is 0.239 e. The Balaban J connectivity index is 0.00000441. The molecule has 0 saturated heterocycles. The van der Waals surface area contributed by atoms with Crippen molar-refractivity contribution in [1.29, 1.82) is 0 Å². The van der Waals surface area contributed by atoms with Gasteiger partial charge in [-0.2, -0.15) is 0 Å². The van der Waals surface area contributed by atoms with Gasteiger partial charge in [-0.3, -0.25) is 4.79 Å². The second-order valence-electron chi connectivity index (χ2n) is 4.34. The van der Waals surface area contributed by atoms with Crippen molar-refractivity contribution in [3.63, 3.8) is 0 Å². The van der Waals surface area contributed by atoms with Gasteiger partial charge in [0, 0.05) is 25.8 Å². The van der Waals surface area contributed by atoms with Crippen molar-refractivity contribution < 1.29 is 4.79 Å². The number of amides is 1. The van der Waals surface area contributed by atoms with Crippen LogP contribution in [0.5, 0.6) is 0 Å². The lowest BCUT2D eigenvalue weighted by atomic mass is 10.4. The summed E-state index contributed by atoms with van der Waals surface area (Å²) in [6.07, 6.45) is 0. The summed E-state index contributed by atoms with van der Waals surface area (Å²) in [4.78, 5) is 15.8. The summed E-state index contributed by atoms with van der Waals surface area (Å²) >= 11 is 12.0. The largest absolute Gasteiger partial charge is 0.357 e. The van der Waals surface area contributed by atoms with Gasteiger partial charge in [-0.05, 0) is 19.9 Å². The molecule has 0 unspecified atom stereocenters. The van der Waals surface area contributed by atoms with Crippen LogP contribution in [-0.4, -0.2) is 36.1 Å². The maximum absolute atomic E-state index is 11.4. The van der Waals surface area contributed by atoms with Gasteiger partial charge in [-0.1, -0.05) is 23.2 Å². The van der Waals surface area contributed by atoms with E-state index in [0.29, 0.717) is 35.8 Å². The zero-order chi connectivity index (χ0) is 15.8. The lowest BCUT2D eigenvalue weighted by Gasteiger charge is -2.11. The fraction of sp³-hybridized carbons (Fsp3) is 0.538. The second-order valence-corrected chi connectivity index (χ2v) is 5.10. The van der Waals surface area contributed by atoms with Crippen LogP contribution in [0.4, 0.5) is 0 Å². The van der Waals surface area contributed by atoms with Gasteiger partial charge in [0.15, 0.2) is 5.96 Å². The summed E-state index contributed by atoms with van der Waals surface area (Å²) in [6.45, 7) is 5.73. The van der Waals surface area contributed by atoms with Crippen molar-refractivity contribution >= 4 is 59.0 Å². The van der Waals surface area contributed by atoms with Crippen LogP contribution in [0.25, 0.3) is 0 Å². The van der Waals surface area contributed by atoms with Gasteiger partial charge < -0.3 is 20.5 Å². The number of nitrogens with zero attached hydrogens (tertiary/aromatic N) is 2. The number of hydrogen-bond acceptors (Lipinski definition) is 2. The van der Waals surface area contributed by atoms with Crippen LogP contribution >= 0.6 is 47.2 Å². The highest BCUT2D eigenvalue weighted by Gasteiger charge is 2.09. The molecule has 0 spiro atoms. The number of rotatable bonds is 6. The molecule has 126 valence electrons. The highest BCUT2D eigenvalue weighted by Crippen LogP contribution is 2.25. The number of carbonyl (C=O) groups excluding carboxylic acids is 1. The van der Waals surface area contributed by atoms with Gasteiger partial charge in [0.2, 0.25) is 5.91 Å². The minimum absolute atomic E-state index is 0. The van der Waals surface area contributed by atoms with Crippen molar-refractivity contribution in [3.05, 3.63) is 21.9 Å². The molecule has 0 radical (unpaired) electrons. The molecule has 1 rings (SSSR count). The summed E-state index contributed by atoms with van der Waals surface area (Å²) < 4.78 is 1.78. The molecule has 3 N–H and O–H groups in total. The summed E-state index contributed by atoms with van der Waals surface area (Å²) in [5.41, 5.74) is 0.889. The van der Waals surface area contributed by atoms with Crippen molar-refractivity contribution in [1.82, 2.24) is 20.5 Å². The SMILES string of the molecule is CCNC(=O)CNC(=NCc1cc(Cl)c(Cl)n1C)NCC.I. The molecule has 1 heterocycles. The third-order valence-electron chi connectivity index (χ3n) is 2.75. The van der Waals surface area contributed by atoms with Crippen LogP contribution in [0.15, 0.2) is 11.1 Å². The Morgan fingerprint density at radius 1 is 1.23 bits per heavy atom. The molecule has 0 aliphatic heterocycles. The third-order valence-corrected chi connectivity index (χ3v) is 3.59. The summed E-state index contributed by atoms with van der Waals surface area (Å²) in [5.74, 6) is 0.491. The molecule has 1 aromatic rings. The maximum atomic E-state index is 11.4. The molecular formula is C13H22Cl2IN5O. The van der Waals surface area contributed by atoms with Crippen LogP contribution in [-0.2, 0) is 18.4 Å². The number of aromatic nitrogens is 1.